The molecular weight excluding hydrogens is 370 g/mol. The molecule has 108 valence electrons. The monoisotopic (exact) mass is 381 g/mol. The fourth-order valence-electron chi connectivity index (χ4n) is 2.04. The molecule has 0 saturated heterocycles. The highest BCUT2D eigenvalue weighted by Gasteiger charge is 2.14. The summed E-state index contributed by atoms with van der Waals surface area (Å²) in [4.78, 5) is 4.58. The number of benzene rings is 1. The van der Waals surface area contributed by atoms with Gasteiger partial charge in [-0.15, -0.1) is 0 Å². The van der Waals surface area contributed by atoms with Crippen LogP contribution in [-0.2, 0) is 6.42 Å². The zero-order chi connectivity index (χ0) is 14.7. The Morgan fingerprint density at radius 3 is 2.81 bits per heavy atom. The van der Waals surface area contributed by atoms with Crippen LogP contribution in [0.1, 0.15) is 17.7 Å². The van der Waals surface area contributed by atoms with Crippen LogP contribution in [0, 0.1) is 0 Å². The van der Waals surface area contributed by atoms with Crippen LogP contribution in [0.2, 0.25) is 5.02 Å². The Balaban J connectivity index is 1.70. The quantitative estimate of drug-likeness (QED) is 0.705. The molecule has 0 saturated carbocycles. The Morgan fingerprint density at radius 2 is 2.10 bits per heavy atom. The van der Waals surface area contributed by atoms with Crippen LogP contribution in [0.5, 0.6) is 5.19 Å². The van der Waals surface area contributed by atoms with E-state index < -0.39 is 0 Å². The number of rotatable bonds is 4. The van der Waals surface area contributed by atoms with Crippen molar-refractivity contribution >= 4 is 38.9 Å². The van der Waals surface area contributed by atoms with E-state index in [9.17, 15) is 0 Å². The lowest BCUT2D eigenvalue weighted by Crippen LogP contribution is -2.13. The standard InChI is InChI=1S/C16H13BrClNOS/c17-15-14(10-11-6-8-12(18)9-7-11)19-16(21-15)20-13-4-2-1-3-5-13/h1-4,6-9,13H,5,10H2. The van der Waals surface area contributed by atoms with Gasteiger partial charge in [0.15, 0.2) is 0 Å². The molecule has 1 aliphatic rings. The third-order valence-electron chi connectivity index (χ3n) is 3.11. The molecule has 2 nitrogen and oxygen atoms in total. The van der Waals surface area contributed by atoms with Gasteiger partial charge in [0.2, 0.25) is 0 Å². The van der Waals surface area contributed by atoms with Crippen LogP contribution in [-0.4, -0.2) is 11.1 Å². The molecule has 3 rings (SSSR count). The fourth-order valence-corrected chi connectivity index (χ4v) is 3.53. The van der Waals surface area contributed by atoms with Crippen LogP contribution >= 0.6 is 38.9 Å². The maximum Gasteiger partial charge on any atom is 0.275 e. The summed E-state index contributed by atoms with van der Waals surface area (Å²) in [6, 6.07) is 7.83. The number of hydrogen-bond acceptors (Lipinski definition) is 3. The minimum absolute atomic E-state index is 0.0800. The minimum Gasteiger partial charge on any atom is -0.462 e. The van der Waals surface area contributed by atoms with Crippen LogP contribution in [0.3, 0.4) is 0 Å². The highest BCUT2D eigenvalue weighted by molar-refractivity contribution is 9.11. The smallest absolute Gasteiger partial charge is 0.275 e. The largest absolute Gasteiger partial charge is 0.462 e. The van der Waals surface area contributed by atoms with E-state index >= 15 is 0 Å². The van der Waals surface area contributed by atoms with Gasteiger partial charge in [-0.1, -0.05) is 53.3 Å². The highest BCUT2D eigenvalue weighted by atomic mass is 79.9. The molecule has 2 aromatic rings. The van der Waals surface area contributed by atoms with Gasteiger partial charge >= 0.3 is 0 Å². The fraction of sp³-hybridized carbons (Fsp3) is 0.188. The van der Waals surface area contributed by atoms with E-state index in [0.717, 1.165) is 27.3 Å². The van der Waals surface area contributed by atoms with Gasteiger partial charge in [-0.3, -0.25) is 0 Å². The molecule has 1 aromatic carbocycles. The lowest BCUT2D eigenvalue weighted by molar-refractivity contribution is 0.250. The predicted octanol–water partition coefficient (Wildman–Crippen LogP) is 5.41. The molecule has 1 atom stereocenters. The van der Waals surface area contributed by atoms with E-state index in [1.54, 1.807) is 0 Å². The first-order chi connectivity index (χ1) is 10.2. The number of aromatic nitrogens is 1. The molecule has 0 radical (unpaired) electrons. The third-order valence-corrected chi connectivity index (χ3v) is 5.08. The average molecular weight is 383 g/mol. The van der Waals surface area contributed by atoms with E-state index in [2.05, 4.69) is 27.0 Å². The summed E-state index contributed by atoms with van der Waals surface area (Å²) < 4.78 is 6.91. The molecule has 0 spiro atoms. The number of halogens is 2. The van der Waals surface area contributed by atoms with E-state index in [0.29, 0.717) is 5.19 Å². The molecule has 0 fully saturated rings. The van der Waals surface area contributed by atoms with E-state index in [1.165, 1.54) is 16.9 Å². The van der Waals surface area contributed by atoms with Gasteiger partial charge in [0, 0.05) is 17.9 Å². The van der Waals surface area contributed by atoms with Gasteiger partial charge in [-0.05, 0) is 39.7 Å². The topological polar surface area (TPSA) is 22.1 Å². The van der Waals surface area contributed by atoms with E-state index in [-0.39, 0.29) is 6.10 Å². The zero-order valence-electron chi connectivity index (χ0n) is 11.1. The first-order valence-electron chi connectivity index (χ1n) is 6.60. The molecule has 0 amide bonds. The molecule has 0 bridgehead atoms. The van der Waals surface area contributed by atoms with Gasteiger partial charge in [-0.25, -0.2) is 4.98 Å². The van der Waals surface area contributed by atoms with Crippen molar-refractivity contribution in [2.24, 2.45) is 0 Å². The first-order valence-corrected chi connectivity index (χ1v) is 8.59. The number of ether oxygens (including phenoxy) is 1. The molecule has 0 aliphatic heterocycles. The Bertz CT molecular complexity index is 678. The number of nitrogens with zero attached hydrogens (tertiary/aromatic N) is 1. The summed E-state index contributed by atoms with van der Waals surface area (Å²) in [7, 11) is 0. The van der Waals surface area contributed by atoms with Gasteiger partial charge < -0.3 is 4.74 Å². The van der Waals surface area contributed by atoms with Crippen LogP contribution in [0.15, 0.2) is 52.4 Å². The second kappa shape index (κ2) is 6.77. The maximum atomic E-state index is 5.90. The molecule has 1 unspecified atom stereocenters. The SMILES string of the molecule is Clc1ccc(Cc2nc(OC3C=CC=CC3)sc2Br)cc1. The Kier molecular flexibility index (Phi) is 4.78. The predicted molar refractivity (Wildman–Crippen MR) is 91.4 cm³/mol. The zero-order valence-corrected chi connectivity index (χ0v) is 14.3. The maximum absolute atomic E-state index is 5.90. The lowest BCUT2D eigenvalue weighted by atomic mass is 10.1. The van der Waals surface area contributed by atoms with Crippen LogP contribution in [0.25, 0.3) is 0 Å². The third kappa shape index (κ3) is 3.96. The molecule has 1 heterocycles. The Labute approximate surface area is 141 Å². The van der Waals surface area contributed by atoms with Crippen molar-refractivity contribution in [1.29, 1.82) is 0 Å². The summed E-state index contributed by atoms with van der Waals surface area (Å²) >= 11 is 11.0. The molecule has 0 N–H and O–H groups in total. The van der Waals surface area contributed by atoms with Gasteiger partial charge in [-0.2, -0.15) is 0 Å². The van der Waals surface area contributed by atoms with Crippen molar-refractivity contribution in [3.63, 3.8) is 0 Å². The normalized spacial score (nSPS) is 17.1. The second-order valence-electron chi connectivity index (χ2n) is 4.71. The minimum atomic E-state index is 0.0800. The summed E-state index contributed by atoms with van der Waals surface area (Å²) in [6.45, 7) is 0. The van der Waals surface area contributed by atoms with Crippen molar-refractivity contribution in [2.75, 3.05) is 0 Å². The van der Waals surface area contributed by atoms with Gasteiger partial charge in [0.05, 0.1) is 9.48 Å². The van der Waals surface area contributed by atoms with Crippen molar-refractivity contribution < 1.29 is 4.74 Å². The van der Waals surface area contributed by atoms with Crippen LogP contribution < -0.4 is 4.74 Å². The van der Waals surface area contributed by atoms with Crippen molar-refractivity contribution in [2.45, 2.75) is 18.9 Å². The van der Waals surface area contributed by atoms with Crippen molar-refractivity contribution in [1.82, 2.24) is 4.98 Å². The average Bonchev–Trinajstić information content (AvgIpc) is 2.82. The molecule has 5 heteroatoms. The number of thiazole rings is 1. The van der Waals surface area contributed by atoms with E-state index in [4.69, 9.17) is 16.3 Å². The lowest BCUT2D eigenvalue weighted by Gasteiger charge is -2.12. The summed E-state index contributed by atoms with van der Waals surface area (Å²) in [6.07, 6.45) is 9.92. The number of allylic oxidation sites excluding steroid dienone is 2. The molecular formula is C16H13BrClNOS. The number of hydrogen-bond donors (Lipinski definition) is 0. The van der Waals surface area contributed by atoms with Crippen molar-refractivity contribution in [3.8, 4) is 5.19 Å². The summed E-state index contributed by atoms with van der Waals surface area (Å²) in [5, 5.41) is 1.45. The van der Waals surface area contributed by atoms with Gasteiger partial charge in [0.25, 0.3) is 5.19 Å². The second-order valence-corrected chi connectivity index (χ2v) is 7.42. The Hall–Kier alpha value is -1.10. The highest BCUT2D eigenvalue weighted by Crippen LogP contribution is 2.32. The summed E-state index contributed by atoms with van der Waals surface area (Å²) in [5.74, 6) is 0. The first kappa shape index (κ1) is 14.8. The van der Waals surface area contributed by atoms with Gasteiger partial charge in [0.1, 0.15) is 6.10 Å². The summed E-state index contributed by atoms with van der Waals surface area (Å²) in [5.41, 5.74) is 2.17. The Morgan fingerprint density at radius 1 is 1.29 bits per heavy atom. The van der Waals surface area contributed by atoms with E-state index in [1.807, 2.05) is 42.5 Å². The molecule has 1 aromatic heterocycles. The molecule has 1 aliphatic carbocycles. The van der Waals surface area contributed by atoms with Crippen molar-refractivity contribution in [3.05, 3.63) is 68.6 Å². The molecule has 21 heavy (non-hydrogen) atoms. The van der Waals surface area contributed by atoms with Crippen LogP contribution in [0.4, 0.5) is 0 Å².